The summed E-state index contributed by atoms with van der Waals surface area (Å²) in [7, 11) is 0. The molecule has 0 aliphatic rings. The van der Waals surface area contributed by atoms with Gasteiger partial charge in [-0.15, -0.1) is 10.2 Å². The van der Waals surface area contributed by atoms with E-state index in [1.165, 1.54) is 23.1 Å². The Morgan fingerprint density at radius 2 is 1.83 bits per heavy atom. The number of ether oxygens (including phenoxy) is 1. The van der Waals surface area contributed by atoms with Gasteiger partial charge in [0, 0.05) is 16.6 Å². The van der Waals surface area contributed by atoms with Crippen LogP contribution in [-0.4, -0.2) is 33.7 Å². The molecule has 1 amide bonds. The molecule has 0 saturated carbocycles. The molecule has 0 saturated heterocycles. The molecule has 0 aliphatic heterocycles. The molecular weight excluding hydrogens is 404 g/mol. The fourth-order valence-corrected chi connectivity index (χ4v) is 2.78. The lowest BCUT2D eigenvalue weighted by Gasteiger charge is -2.26. The van der Waals surface area contributed by atoms with Crippen LogP contribution < -0.4 is 4.74 Å². The minimum atomic E-state index is -3.03. The number of carbonyl (C=O) groups is 1. The maximum atomic E-state index is 13.0. The molecule has 3 rings (SSSR count). The van der Waals surface area contributed by atoms with Crippen LogP contribution in [0.4, 0.5) is 8.78 Å². The third kappa shape index (κ3) is 5.08. The minimum Gasteiger partial charge on any atom is -0.434 e. The van der Waals surface area contributed by atoms with Crippen LogP contribution in [0.5, 0.6) is 5.75 Å². The van der Waals surface area contributed by atoms with Crippen LogP contribution >= 0.6 is 11.6 Å². The summed E-state index contributed by atoms with van der Waals surface area (Å²) in [6, 6.07) is 12.5. The molecule has 152 valence electrons. The van der Waals surface area contributed by atoms with Gasteiger partial charge in [0.1, 0.15) is 5.75 Å². The van der Waals surface area contributed by atoms with Crippen molar-refractivity contribution in [2.45, 2.75) is 33.0 Å². The van der Waals surface area contributed by atoms with E-state index >= 15 is 0 Å². The van der Waals surface area contributed by atoms with E-state index in [2.05, 4.69) is 14.9 Å². The number of para-hydroxylation sites is 1. The number of hydrogen-bond acceptors (Lipinski definition) is 5. The maximum absolute atomic E-state index is 13.0. The van der Waals surface area contributed by atoms with Crippen molar-refractivity contribution in [3.8, 4) is 17.2 Å². The second-order valence-electron chi connectivity index (χ2n) is 6.41. The van der Waals surface area contributed by atoms with Crippen molar-refractivity contribution in [3.05, 3.63) is 65.0 Å². The van der Waals surface area contributed by atoms with Crippen molar-refractivity contribution in [3.63, 3.8) is 0 Å². The molecule has 2 aromatic carbocycles. The molecule has 0 fully saturated rings. The lowest BCUT2D eigenvalue weighted by molar-refractivity contribution is -0.0503. The topological polar surface area (TPSA) is 68.5 Å². The molecule has 0 aliphatic carbocycles. The van der Waals surface area contributed by atoms with Gasteiger partial charge in [0.05, 0.1) is 12.1 Å². The Morgan fingerprint density at radius 3 is 2.48 bits per heavy atom. The highest BCUT2D eigenvalue weighted by Gasteiger charge is 2.25. The number of aromatic nitrogens is 2. The van der Waals surface area contributed by atoms with Crippen LogP contribution in [0.3, 0.4) is 0 Å². The monoisotopic (exact) mass is 421 g/mol. The predicted molar refractivity (Wildman–Crippen MR) is 103 cm³/mol. The summed E-state index contributed by atoms with van der Waals surface area (Å²) in [6.45, 7) is 0.574. The molecule has 0 bridgehead atoms. The molecule has 1 heterocycles. The van der Waals surface area contributed by atoms with Crippen molar-refractivity contribution in [2.24, 2.45) is 0 Å². The molecule has 0 unspecified atom stereocenters. The normalized spacial score (nSPS) is 11.1. The van der Waals surface area contributed by atoms with Gasteiger partial charge in [-0.3, -0.25) is 4.79 Å². The number of carbonyl (C=O) groups excluding carboxylic acids is 1. The van der Waals surface area contributed by atoms with Crippen LogP contribution in [0.2, 0.25) is 5.02 Å². The van der Waals surface area contributed by atoms with E-state index < -0.39 is 12.5 Å². The quantitative estimate of drug-likeness (QED) is 0.534. The van der Waals surface area contributed by atoms with E-state index in [1.54, 1.807) is 44.2 Å². The Balaban J connectivity index is 1.83. The van der Waals surface area contributed by atoms with E-state index in [0.29, 0.717) is 10.6 Å². The number of hydrogen-bond donors (Lipinski definition) is 0. The van der Waals surface area contributed by atoms with Crippen molar-refractivity contribution < 1.29 is 22.7 Å². The molecule has 0 atom stereocenters. The zero-order chi connectivity index (χ0) is 21.0. The molecule has 3 aromatic rings. The van der Waals surface area contributed by atoms with E-state index in [4.69, 9.17) is 16.0 Å². The van der Waals surface area contributed by atoms with E-state index in [1.807, 2.05) is 0 Å². The highest BCUT2D eigenvalue weighted by molar-refractivity contribution is 6.30. The third-order valence-corrected chi connectivity index (χ3v) is 4.33. The smallest absolute Gasteiger partial charge is 0.387 e. The van der Waals surface area contributed by atoms with E-state index in [9.17, 15) is 13.6 Å². The number of benzene rings is 2. The molecule has 0 spiro atoms. The molecule has 29 heavy (non-hydrogen) atoms. The molecule has 0 N–H and O–H groups in total. The number of alkyl halides is 2. The van der Waals surface area contributed by atoms with Gasteiger partial charge < -0.3 is 14.1 Å². The highest BCUT2D eigenvalue weighted by atomic mass is 35.5. The number of nitrogens with zero attached hydrogens (tertiary/aromatic N) is 3. The second-order valence-corrected chi connectivity index (χ2v) is 6.85. The number of amides is 1. The summed E-state index contributed by atoms with van der Waals surface area (Å²) >= 11 is 5.88. The van der Waals surface area contributed by atoms with Gasteiger partial charge >= 0.3 is 6.61 Å². The van der Waals surface area contributed by atoms with E-state index in [-0.39, 0.29) is 35.7 Å². The first kappa shape index (κ1) is 20.7. The Hall–Kier alpha value is -3.00. The largest absolute Gasteiger partial charge is 0.434 e. The average molecular weight is 422 g/mol. The van der Waals surface area contributed by atoms with Crippen molar-refractivity contribution in [1.29, 1.82) is 0 Å². The minimum absolute atomic E-state index is 0.0140. The summed E-state index contributed by atoms with van der Waals surface area (Å²) in [5.74, 6) is -0.175. The van der Waals surface area contributed by atoms with Gasteiger partial charge in [0.25, 0.3) is 5.91 Å². The SMILES string of the molecule is CC(C)N(Cc1nnc(-c2ccc(Cl)cc2)o1)C(=O)c1ccccc1OC(F)F. The Bertz CT molecular complexity index is 977. The Labute approximate surface area is 171 Å². The molecule has 1 aromatic heterocycles. The lowest BCUT2D eigenvalue weighted by Crippen LogP contribution is -2.36. The lowest BCUT2D eigenvalue weighted by atomic mass is 10.1. The van der Waals surface area contributed by atoms with Crippen LogP contribution in [0.25, 0.3) is 11.5 Å². The first-order valence-electron chi connectivity index (χ1n) is 8.78. The van der Waals surface area contributed by atoms with Gasteiger partial charge in [0.15, 0.2) is 0 Å². The van der Waals surface area contributed by atoms with Gasteiger partial charge in [0.2, 0.25) is 11.8 Å². The van der Waals surface area contributed by atoms with E-state index in [0.717, 1.165) is 0 Å². The summed E-state index contributed by atoms with van der Waals surface area (Å²) in [5, 5.41) is 8.56. The predicted octanol–water partition coefficient (Wildman–Crippen LogP) is 5.04. The van der Waals surface area contributed by atoms with Crippen LogP contribution in [-0.2, 0) is 6.54 Å². The average Bonchev–Trinajstić information content (AvgIpc) is 3.14. The standard InChI is InChI=1S/C20H18ClF2N3O3/c1-12(2)26(19(27)15-5-3-4-6-16(15)28-20(22)23)11-17-24-25-18(29-17)13-7-9-14(21)10-8-13/h3-10,12,20H,11H2,1-2H3. The van der Waals surface area contributed by atoms with Crippen molar-refractivity contribution in [2.75, 3.05) is 0 Å². The van der Waals surface area contributed by atoms with Gasteiger partial charge in [-0.25, -0.2) is 0 Å². The zero-order valence-electron chi connectivity index (χ0n) is 15.7. The second kappa shape index (κ2) is 9.00. The Kier molecular flexibility index (Phi) is 6.43. The summed E-state index contributed by atoms with van der Waals surface area (Å²) < 4.78 is 35.5. The third-order valence-electron chi connectivity index (χ3n) is 4.08. The van der Waals surface area contributed by atoms with Crippen LogP contribution in [0.1, 0.15) is 30.1 Å². The molecule has 9 heteroatoms. The molecule has 6 nitrogen and oxygen atoms in total. The first-order chi connectivity index (χ1) is 13.8. The highest BCUT2D eigenvalue weighted by Crippen LogP contribution is 2.25. The first-order valence-corrected chi connectivity index (χ1v) is 9.16. The summed E-state index contributed by atoms with van der Waals surface area (Å²) in [5.41, 5.74) is 0.713. The van der Waals surface area contributed by atoms with Crippen LogP contribution in [0, 0.1) is 0 Å². The number of halogens is 3. The molecule has 0 radical (unpaired) electrons. The summed E-state index contributed by atoms with van der Waals surface area (Å²) in [4.78, 5) is 14.4. The molecular formula is C20H18ClF2N3O3. The van der Waals surface area contributed by atoms with Gasteiger partial charge in [-0.05, 0) is 50.2 Å². The van der Waals surface area contributed by atoms with Crippen molar-refractivity contribution >= 4 is 17.5 Å². The van der Waals surface area contributed by atoms with Crippen molar-refractivity contribution in [1.82, 2.24) is 15.1 Å². The fourth-order valence-electron chi connectivity index (χ4n) is 2.66. The van der Waals surface area contributed by atoms with Crippen LogP contribution in [0.15, 0.2) is 52.9 Å². The maximum Gasteiger partial charge on any atom is 0.387 e. The number of rotatable bonds is 7. The summed E-state index contributed by atoms with van der Waals surface area (Å²) in [6.07, 6.45) is 0. The van der Waals surface area contributed by atoms with Gasteiger partial charge in [-0.2, -0.15) is 8.78 Å². The fraction of sp³-hybridized carbons (Fsp3) is 0.250. The zero-order valence-corrected chi connectivity index (χ0v) is 16.4. The Morgan fingerprint density at radius 1 is 1.14 bits per heavy atom. The van der Waals surface area contributed by atoms with Gasteiger partial charge in [-0.1, -0.05) is 23.7 Å².